The first-order valence-corrected chi connectivity index (χ1v) is 8.96. The zero-order valence-electron chi connectivity index (χ0n) is 14.4. The van der Waals surface area contributed by atoms with Crippen molar-refractivity contribution in [3.63, 3.8) is 0 Å². The summed E-state index contributed by atoms with van der Waals surface area (Å²) in [6.07, 6.45) is 7.25. The second kappa shape index (κ2) is 4.95. The van der Waals surface area contributed by atoms with E-state index in [-0.39, 0.29) is 17.4 Å². The number of esters is 2. The molecule has 0 spiro atoms. The molecule has 1 fully saturated rings. The minimum atomic E-state index is -0.967. The third-order valence-electron chi connectivity index (χ3n) is 6.11. The first-order chi connectivity index (χ1) is 13.6. The maximum Gasteiger partial charge on any atom is 0.342 e. The molecule has 2 aromatic rings. The number of carbonyl (C=O) groups is 3. The Kier molecular flexibility index (Phi) is 2.71. The van der Waals surface area contributed by atoms with Crippen LogP contribution in [0.1, 0.15) is 21.5 Å². The molecule has 3 aliphatic carbocycles. The van der Waals surface area contributed by atoms with Crippen LogP contribution in [0.25, 0.3) is 21.9 Å². The minimum absolute atomic E-state index is 0.162. The maximum atomic E-state index is 12.3. The average molecular weight is 368 g/mol. The summed E-state index contributed by atoms with van der Waals surface area (Å²) in [5.41, 5.74) is 5.12. The monoisotopic (exact) mass is 368 g/mol. The lowest BCUT2D eigenvalue weighted by Crippen LogP contribution is -2.39. The maximum absolute atomic E-state index is 12.3. The predicted molar refractivity (Wildman–Crippen MR) is 101 cm³/mol. The van der Waals surface area contributed by atoms with E-state index in [1.165, 1.54) is 0 Å². The molecule has 28 heavy (non-hydrogen) atoms. The van der Waals surface area contributed by atoms with E-state index in [2.05, 4.69) is 0 Å². The van der Waals surface area contributed by atoms with Crippen LogP contribution >= 0.6 is 0 Å². The van der Waals surface area contributed by atoms with Crippen molar-refractivity contribution in [3.05, 3.63) is 82.5 Å². The number of hydrogen-bond donors (Lipinski definition) is 1. The topological polar surface area (TPSA) is 80.7 Å². The SMILES string of the molecule is O=C1OC(=O)C2=CC=C3c4ccc(C(=O)O)c5cccc(c45)C4=CC=C1C2C43. The Hall–Kier alpha value is -3.73. The number of cyclic esters (lactones) is 2. The summed E-state index contributed by atoms with van der Waals surface area (Å²) in [6, 6.07) is 9.10. The Morgan fingerprint density at radius 1 is 0.786 bits per heavy atom. The van der Waals surface area contributed by atoms with Gasteiger partial charge in [-0.05, 0) is 39.1 Å². The average Bonchev–Trinajstić information content (AvgIpc) is 2.69. The van der Waals surface area contributed by atoms with Crippen molar-refractivity contribution >= 4 is 39.8 Å². The number of allylic oxidation sites excluding steroid dienone is 6. The van der Waals surface area contributed by atoms with E-state index in [9.17, 15) is 19.5 Å². The van der Waals surface area contributed by atoms with Gasteiger partial charge in [0.15, 0.2) is 0 Å². The molecular weight excluding hydrogens is 356 g/mol. The van der Waals surface area contributed by atoms with Gasteiger partial charge in [-0.25, -0.2) is 14.4 Å². The second-order valence-electron chi connectivity index (χ2n) is 7.31. The lowest BCUT2D eigenvalue weighted by Gasteiger charge is -2.42. The van der Waals surface area contributed by atoms with E-state index in [0.717, 1.165) is 27.7 Å². The zero-order valence-corrected chi connectivity index (χ0v) is 14.4. The highest BCUT2D eigenvalue weighted by Gasteiger charge is 2.48. The molecular formula is C23H12O5. The van der Waals surface area contributed by atoms with Crippen LogP contribution in [0.15, 0.2) is 65.8 Å². The molecule has 0 amide bonds. The number of carboxylic acids is 1. The van der Waals surface area contributed by atoms with E-state index in [1.54, 1.807) is 18.2 Å². The zero-order chi connectivity index (χ0) is 19.2. The fourth-order valence-corrected chi connectivity index (χ4v) is 5.01. The van der Waals surface area contributed by atoms with Crippen molar-refractivity contribution in [1.29, 1.82) is 0 Å². The number of hydrogen-bond acceptors (Lipinski definition) is 4. The molecule has 0 bridgehead atoms. The Morgan fingerprint density at radius 3 is 2.00 bits per heavy atom. The molecule has 6 rings (SSSR count). The highest BCUT2D eigenvalue weighted by atomic mass is 16.6. The number of carboxylic acid groups (broad SMARTS) is 1. The third kappa shape index (κ3) is 1.69. The third-order valence-corrected chi connectivity index (χ3v) is 6.11. The Balaban J connectivity index is 1.74. The molecule has 4 aliphatic rings. The van der Waals surface area contributed by atoms with E-state index in [1.807, 2.05) is 36.4 Å². The van der Waals surface area contributed by atoms with Crippen LogP contribution in [0.4, 0.5) is 0 Å². The molecule has 134 valence electrons. The van der Waals surface area contributed by atoms with Crippen LogP contribution in [0, 0.1) is 11.8 Å². The lowest BCUT2D eigenvalue weighted by molar-refractivity contribution is -0.157. The minimum Gasteiger partial charge on any atom is -0.478 e. The largest absolute Gasteiger partial charge is 0.478 e. The van der Waals surface area contributed by atoms with Crippen molar-refractivity contribution in [2.75, 3.05) is 0 Å². The molecule has 5 nitrogen and oxygen atoms in total. The molecule has 2 aromatic carbocycles. The summed E-state index contributed by atoms with van der Waals surface area (Å²) in [5, 5.41) is 11.2. The van der Waals surface area contributed by atoms with Crippen LogP contribution in [-0.4, -0.2) is 23.0 Å². The molecule has 1 heterocycles. The highest BCUT2D eigenvalue weighted by Crippen LogP contribution is 2.56. The Bertz CT molecular complexity index is 1250. The van der Waals surface area contributed by atoms with E-state index < -0.39 is 17.9 Å². The van der Waals surface area contributed by atoms with Gasteiger partial charge in [0.1, 0.15) is 0 Å². The molecule has 1 N–H and O–H groups in total. The van der Waals surface area contributed by atoms with Crippen LogP contribution in [0.2, 0.25) is 0 Å². The van der Waals surface area contributed by atoms with Gasteiger partial charge in [0, 0.05) is 23.0 Å². The number of rotatable bonds is 1. The molecule has 5 heteroatoms. The summed E-state index contributed by atoms with van der Waals surface area (Å²) in [6.45, 7) is 0. The van der Waals surface area contributed by atoms with Crippen LogP contribution in [-0.2, 0) is 14.3 Å². The van der Waals surface area contributed by atoms with Crippen LogP contribution < -0.4 is 0 Å². The summed E-state index contributed by atoms with van der Waals surface area (Å²) in [7, 11) is 0. The van der Waals surface area contributed by atoms with Gasteiger partial charge < -0.3 is 9.84 Å². The van der Waals surface area contributed by atoms with Gasteiger partial charge >= 0.3 is 17.9 Å². The standard InChI is InChI=1S/C23H12O5/c24-21(25)15-7-4-12-14-6-9-17-20-16(22(26)28-23(17)27)8-5-13(19(14)20)10-2-1-3-11(15)18(10)12/h1-9,19-20H,(H,24,25). The number of benzene rings is 2. The first-order valence-electron chi connectivity index (χ1n) is 8.96. The second-order valence-corrected chi connectivity index (χ2v) is 7.31. The van der Waals surface area contributed by atoms with E-state index in [0.29, 0.717) is 16.5 Å². The molecule has 2 unspecified atom stereocenters. The van der Waals surface area contributed by atoms with Crippen LogP contribution in [0.5, 0.6) is 0 Å². The van der Waals surface area contributed by atoms with Crippen molar-refractivity contribution < 1.29 is 24.2 Å². The number of ether oxygens (including phenoxy) is 1. The lowest BCUT2D eigenvalue weighted by atomic mass is 9.61. The molecule has 1 aliphatic heterocycles. The van der Waals surface area contributed by atoms with Crippen molar-refractivity contribution in [3.8, 4) is 0 Å². The van der Waals surface area contributed by atoms with Gasteiger partial charge in [0.2, 0.25) is 0 Å². The number of aromatic carboxylic acids is 1. The molecule has 1 saturated heterocycles. The number of carbonyl (C=O) groups excluding carboxylic acids is 2. The highest BCUT2D eigenvalue weighted by molar-refractivity contribution is 6.17. The van der Waals surface area contributed by atoms with Crippen molar-refractivity contribution in [2.45, 2.75) is 0 Å². The molecule has 0 saturated carbocycles. The molecule has 0 radical (unpaired) electrons. The predicted octanol–water partition coefficient (Wildman–Crippen LogP) is 3.51. The van der Waals surface area contributed by atoms with Gasteiger partial charge in [-0.15, -0.1) is 0 Å². The van der Waals surface area contributed by atoms with Crippen LogP contribution in [0.3, 0.4) is 0 Å². The summed E-state index contributed by atoms with van der Waals surface area (Å²) >= 11 is 0. The van der Waals surface area contributed by atoms with Gasteiger partial charge in [0.25, 0.3) is 0 Å². The summed E-state index contributed by atoms with van der Waals surface area (Å²) in [4.78, 5) is 36.3. The molecule has 0 aromatic heterocycles. The first kappa shape index (κ1) is 15.3. The van der Waals surface area contributed by atoms with Crippen molar-refractivity contribution in [1.82, 2.24) is 0 Å². The fourth-order valence-electron chi connectivity index (χ4n) is 5.01. The normalized spacial score (nSPS) is 23.9. The van der Waals surface area contributed by atoms with Gasteiger partial charge in [-0.3, -0.25) is 0 Å². The smallest absolute Gasteiger partial charge is 0.342 e. The van der Waals surface area contributed by atoms with E-state index in [4.69, 9.17) is 4.74 Å². The molecule has 2 atom stereocenters. The fraction of sp³-hybridized carbons (Fsp3) is 0.0870. The van der Waals surface area contributed by atoms with Gasteiger partial charge in [-0.2, -0.15) is 0 Å². The quantitative estimate of drug-likeness (QED) is 0.615. The Labute approximate surface area is 158 Å². The van der Waals surface area contributed by atoms with E-state index >= 15 is 0 Å². The summed E-state index contributed by atoms with van der Waals surface area (Å²) < 4.78 is 4.89. The van der Waals surface area contributed by atoms with Crippen molar-refractivity contribution in [2.24, 2.45) is 11.8 Å². The summed E-state index contributed by atoms with van der Waals surface area (Å²) in [5.74, 6) is -2.67. The van der Waals surface area contributed by atoms with Gasteiger partial charge in [-0.1, -0.05) is 48.6 Å². The Morgan fingerprint density at radius 2 is 1.36 bits per heavy atom. The number of fused-ring (bicyclic) bond motifs is 2. The van der Waals surface area contributed by atoms with Gasteiger partial charge in [0.05, 0.1) is 5.56 Å².